The first kappa shape index (κ1) is 28.8. The highest BCUT2D eigenvalue weighted by molar-refractivity contribution is 6.32. The van der Waals surface area contributed by atoms with Crippen molar-refractivity contribution < 1.29 is 23.8 Å². The van der Waals surface area contributed by atoms with Gasteiger partial charge in [0, 0.05) is 18.8 Å². The molecule has 0 saturated carbocycles. The summed E-state index contributed by atoms with van der Waals surface area (Å²) >= 11 is 6.14. The number of anilines is 1. The molecule has 1 unspecified atom stereocenters. The van der Waals surface area contributed by atoms with Crippen LogP contribution in [0.1, 0.15) is 39.1 Å². The number of imidazole rings is 1. The summed E-state index contributed by atoms with van der Waals surface area (Å²) in [6, 6.07) is 7.43. The van der Waals surface area contributed by atoms with E-state index in [1.807, 2.05) is 7.05 Å². The van der Waals surface area contributed by atoms with Crippen molar-refractivity contribution in [1.82, 2.24) is 24.8 Å². The molecular formula is C30H30ClFN6O5. The van der Waals surface area contributed by atoms with E-state index in [4.69, 9.17) is 16.3 Å². The van der Waals surface area contributed by atoms with Gasteiger partial charge in [0.15, 0.2) is 11.6 Å². The second-order valence-electron chi connectivity index (χ2n) is 11.0. The first-order valence-corrected chi connectivity index (χ1v) is 14.3. The van der Waals surface area contributed by atoms with Gasteiger partial charge < -0.3 is 30.0 Å². The Morgan fingerprint density at radius 2 is 1.88 bits per heavy atom. The molecule has 6 rings (SSSR count). The molecule has 2 aromatic heterocycles. The molecule has 0 spiro atoms. The van der Waals surface area contributed by atoms with Gasteiger partial charge in [-0.25, -0.2) is 9.37 Å². The molecule has 2 aliphatic heterocycles. The van der Waals surface area contributed by atoms with E-state index in [0.29, 0.717) is 33.4 Å². The van der Waals surface area contributed by atoms with Gasteiger partial charge in [0.1, 0.15) is 24.1 Å². The first-order valence-electron chi connectivity index (χ1n) is 13.9. The van der Waals surface area contributed by atoms with Crippen LogP contribution in [0, 0.1) is 12.7 Å². The van der Waals surface area contributed by atoms with Crippen LogP contribution in [0.5, 0.6) is 5.75 Å². The quantitative estimate of drug-likeness (QED) is 0.222. The van der Waals surface area contributed by atoms with Crippen LogP contribution in [0.15, 0.2) is 41.3 Å². The third kappa shape index (κ3) is 5.37. The van der Waals surface area contributed by atoms with E-state index in [1.54, 1.807) is 25.1 Å². The van der Waals surface area contributed by atoms with Gasteiger partial charge in [0.2, 0.25) is 0 Å². The molecule has 13 heteroatoms. The lowest BCUT2D eigenvalue weighted by Crippen LogP contribution is -2.46. The Kier molecular flexibility index (Phi) is 7.67. The van der Waals surface area contributed by atoms with Gasteiger partial charge in [-0.05, 0) is 69.7 Å². The topological polar surface area (TPSA) is 144 Å². The molecule has 224 valence electrons. The molecule has 0 aliphatic carbocycles. The second kappa shape index (κ2) is 11.4. The predicted molar refractivity (Wildman–Crippen MR) is 159 cm³/mol. The third-order valence-corrected chi connectivity index (χ3v) is 8.43. The summed E-state index contributed by atoms with van der Waals surface area (Å²) in [5.41, 5.74) is 2.26. The number of piperidine rings is 1. The molecule has 2 aromatic carbocycles. The number of rotatable bonds is 8. The molecule has 4 heterocycles. The van der Waals surface area contributed by atoms with E-state index in [2.05, 4.69) is 25.2 Å². The maximum absolute atomic E-state index is 14.1. The Hall–Kier alpha value is -4.26. The van der Waals surface area contributed by atoms with Gasteiger partial charge >= 0.3 is 0 Å². The van der Waals surface area contributed by atoms with E-state index in [-0.39, 0.29) is 53.2 Å². The zero-order valence-electron chi connectivity index (χ0n) is 23.5. The Balaban J connectivity index is 1.21. The molecule has 0 radical (unpaired) electrons. The minimum Gasteiger partial charge on any atom is -0.486 e. The number of carbonyl (C=O) groups is 2. The average Bonchev–Trinajstić information content (AvgIpc) is 3.50. The van der Waals surface area contributed by atoms with Gasteiger partial charge in [-0.3, -0.25) is 19.3 Å². The first-order chi connectivity index (χ1) is 20.6. The summed E-state index contributed by atoms with van der Waals surface area (Å²) in [7, 11) is 2.02. The second-order valence-corrected chi connectivity index (χ2v) is 11.3. The van der Waals surface area contributed by atoms with Crippen LogP contribution in [0.2, 0.25) is 5.02 Å². The number of likely N-dealkylation sites (tertiary alicyclic amines) is 1. The molecule has 1 atom stereocenters. The van der Waals surface area contributed by atoms with Gasteiger partial charge in [0.05, 0.1) is 32.9 Å². The number of carbonyl (C=O) groups excluding carboxylic acids is 2. The monoisotopic (exact) mass is 608 g/mol. The van der Waals surface area contributed by atoms with Crippen molar-refractivity contribution in [2.45, 2.75) is 31.9 Å². The minimum absolute atomic E-state index is 0.0359. The molecule has 1 fully saturated rings. The largest absolute Gasteiger partial charge is 0.486 e. The number of aliphatic hydroxyl groups is 1. The minimum atomic E-state index is -1.08. The SMILES string of the molecule is Cc1ccc(F)c(OCC(O)CNc2cc[nH]c(=O)c2-c2nc3cc4c(cc3[nH]2)C(=O)N(C2CCN(C)CC2)C4=O)c1Cl. The molecule has 4 aromatic rings. The molecule has 4 N–H and O–H groups in total. The summed E-state index contributed by atoms with van der Waals surface area (Å²) in [5, 5.41) is 13.7. The number of hydrogen-bond donors (Lipinski definition) is 4. The standard InChI is InChI=1S/C30H30ClFN6O5/c1-15-3-4-20(32)26(25(15)31)43-14-17(39)13-34-21-5-8-33-28(40)24(21)27-35-22-11-18-19(12-23(22)36-27)30(42)38(29(18)41)16-6-9-37(2)10-7-16/h3-5,8,11-12,16-17,39H,6-7,9-10,13-14H2,1-2H3,(H,35,36)(H2,33,34,40). The predicted octanol–water partition coefficient (Wildman–Crippen LogP) is 3.56. The highest BCUT2D eigenvalue weighted by Gasteiger charge is 2.41. The number of pyridine rings is 1. The van der Waals surface area contributed by atoms with E-state index in [1.165, 1.54) is 23.2 Å². The number of aromatic amines is 2. The van der Waals surface area contributed by atoms with Crippen LogP contribution in [-0.4, -0.2) is 87.1 Å². The number of ether oxygens (including phenoxy) is 1. The fourth-order valence-electron chi connectivity index (χ4n) is 5.56. The molecule has 11 nitrogen and oxygen atoms in total. The van der Waals surface area contributed by atoms with Crippen molar-refractivity contribution in [2.75, 3.05) is 38.6 Å². The van der Waals surface area contributed by atoms with E-state index < -0.39 is 17.5 Å². The number of nitrogens with zero attached hydrogens (tertiary/aromatic N) is 3. The van der Waals surface area contributed by atoms with Crippen LogP contribution >= 0.6 is 11.6 Å². The van der Waals surface area contributed by atoms with Crippen molar-refractivity contribution in [3.05, 3.63) is 74.4 Å². The van der Waals surface area contributed by atoms with E-state index in [9.17, 15) is 23.9 Å². The fourth-order valence-corrected chi connectivity index (χ4v) is 5.76. The van der Waals surface area contributed by atoms with Crippen molar-refractivity contribution in [3.63, 3.8) is 0 Å². The zero-order chi connectivity index (χ0) is 30.4. The number of nitrogens with one attached hydrogen (secondary N) is 3. The lowest BCUT2D eigenvalue weighted by molar-refractivity contribution is 0.0516. The summed E-state index contributed by atoms with van der Waals surface area (Å²) in [6.45, 7) is 3.06. The highest BCUT2D eigenvalue weighted by Crippen LogP contribution is 2.33. The van der Waals surface area contributed by atoms with Gasteiger partial charge in [-0.1, -0.05) is 17.7 Å². The number of imide groups is 1. The van der Waals surface area contributed by atoms with Gasteiger partial charge in [0.25, 0.3) is 17.4 Å². The zero-order valence-corrected chi connectivity index (χ0v) is 24.3. The third-order valence-electron chi connectivity index (χ3n) is 7.96. The number of fused-ring (bicyclic) bond motifs is 2. The Morgan fingerprint density at radius 1 is 1.16 bits per heavy atom. The maximum atomic E-state index is 14.1. The van der Waals surface area contributed by atoms with Crippen LogP contribution in [0.4, 0.5) is 10.1 Å². The number of H-pyrrole nitrogens is 2. The van der Waals surface area contributed by atoms with E-state index >= 15 is 0 Å². The van der Waals surface area contributed by atoms with Crippen molar-refractivity contribution >= 4 is 40.1 Å². The van der Waals surface area contributed by atoms with Crippen LogP contribution < -0.4 is 15.6 Å². The fraction of sp³-hybridized carbons (Fsp3) is 0.333. The molecule has 2 amide bonds. The smallest absolute Gasteiger partial charge is 0.261 e. The lowest BCUT2D eigenvalue weighted by atomic mass is 10.0. The summed E-state index contributed by atoms with van der Waals surface area (Å²) in [6.07, 6.45) is 1.83. The number of amides is 2. The average molecular weight is 609 g/mol. The van der Waals surface area contributed by atoms with Crippen molar-refractivity contribution in [3.8, 4) is 17.1 Å². The normalized spacial score (nSPS) is 16.6. The number of hydrogen-bond acceptors (Lipinski definition) is 8. The molecule has 2 aliphatic rings. The number of halogens is 2. The number of benzene rings is 2. The van der Waals surface area contributed by atoms with Gasteiger partial charge in [-0.15, -0.1) is 0 Å². The number of aryl methyl sites for hydroxylation is 1. The maximum Gasteiger partial charge on any atom is 0.261 e. The van der Waals surface area contributed by atoms with E-state index in [0.717, 1.165) is 25.9 Å². The Bertz CT molecular complexity index is 1740. The molecular weight excluding hydrogens is 579 g/mol. The molecule has 0 bridgehead atoms. The number of aliphatic hydroxyl groups excluding tert-OH is 1. The van der Waals surface area contributed by atoms with Crippen molar-refractivity contribution in [1.29, 1.82) is 0 Å². The summed E-state index contributed by atoms with van der Waals surface area (Å²) in [5.74, 6) is -1.21. The van der Waals surface area contributed by atoms with Gasteiger partial charge in [-0.2, -0.15) is 0 Å². The Morgan fingerprint density at radius 3 is 2.63 bits per heavy atom. The summed E-state index contributed by atoms with van der Waals surface area (Å²) in [4.78, 5) is 53.3. The molecule has 43 heavy (non-hydrogen) atoms. The highest BCUT2D eigenvalue weighted by atomic mass is 35.5. The molecule has 1 saturated heterocycles. The van der Waals surface area contributed by atoms with Crippen molar-refractivity contribution in [2.24, 2.45) is 0 Å². The van der Waals surface area contributed by atoms with Crippen LogP contribution in [-0.2, 0) is 0 Å². The van der Waals surface area contributed by atoms with Crippen LogP contribution in [0.3, 0.4) is 0 Å². The Labute approximate surface area is 250 Å². The summed E-state index contributed by atoms with van der Waals surface area (Å²) < 4.78 is 19.6. The number of aromatic nitrogens is 3. The lowest BCUT2D eigenvalue weighted by Gasteiger charge is -2.33. The van der Waals surface area contributed by atoms with Crippen LogP contribution in [0.25, 0.3) is 22.4 Å².